The van der Waals surface area contributed by atoms with Crippen LogP contribution in [0.3, 0.4) is 0 Å². The summed E-state index contributed by atoms with van der Waals surface area (Å²) in [5, 5.41) is 8.52. The molecule has 0 unspecified atom stereocenters. The quantitative estimate of drug-likeness (QED) is 0.264. The first-order chi connectivity index (χ1) is 18.1. The number of anilines is 1. The summed E-state index contributed by atoms with van der Waals surface area (Å²) in [6.07, 6.45) is 4.60. The second-order valence-electron chi connectivity index (χ2n) is 8.48. The van der Waals surface area contributed by atoms with Gasteiger partial charge in [-0.15, -0.1) is 0 Å². The summed E-state index contributed by atoms with van der Waals surface area (Å²) in [5.41, 5.74) is 3.49. The van der Waals surface area contributed by atoms with Crippen molar-refractivity contribution < 1.29 is 17.9 Å². The number of rotatable bonds is 6. The molecule has 4 aromatic rings. The largest absolute Gasteiger partial charge is 0.497 e. The van der Waals surface area contributed by atoms with Crippen LogP contribution in [-0.4, -0.2) is 42.6 Å². The van der Waals surface area contributed by atoms with Crippen molar-refractivity contribution in [1.29, 1.82) is 0 Å². The van der Waals surface area contributed by atoms with Crippen LogP contribution in [0.25, 0.3) is 23.0 Å². The number of ether oxygens (including phenoxy) is 1. The summed E-state index contributed by atoms with van der Waals surface area (Å²) < 4.78 is 30.5. The molecule has 0 aliphatic carbocycles. The minimum Gasteiger partial charge on any atom is -0.497 e. The molecule has 3 aromatic carbocycles. The maximum atomic E-state index is 13.4. The van der Waals surface area contributed by atoms with E-state index in [-0.39, 0.29) is 21.6 Å². The first kappa shape index (κ1) is 25.7. The summed E-state index contributed by atoms with van der Waals surface area (Å²) >= 11 is 11.7. The van der Waals surface area contributed by atoms with Crippen molar-refractivity contribution in [2.45, 2.75) is 4.90 Å². The first-order valence-corrected chi connectivity index (χ1v) is 14.0. The third kappa shape index (κ3) is 5.06. The summed E-state index contributed by atoms with van der Waals surface area (Å²) in [4.78, 5) is 15.0. The summed E-state index contributed by atoms with van der Waals surface area (Å²) in [6, 6.07) is 20.6. The van der Waals surface area contributed by atoms with E-state index in [4.69, 9.17) is 33.7 Å². The molecular formula is C27H21ClN4O4S2. The van der Waals surface area contributed by atoms with Crippen molar-refractivity contribution in [2.24, 2.45) is 0 Å². The van der Waals surface area contributed by atoms with Crippen LogP contribution in [0.1, 0.15) is 5.56 Å². The minimum absolute atomic E-state index is 0.207. The van der Waals surface area contributed by atoms with E-state index in [1.54, 1.807) is 72.6 Å². The van der Waals surface area contributed by atoms with Crippen LogP contribution in [0.4, 0.5) is 5.69 Å². The molecule has 0 bridgehead atoms. The number of benzene rings is 3. The number of methoxy groups -OCH3 is 1. The Balaban J connectivity index is 1.56. The normalized spacial score (nSPS) is 14.7. The van der Waals surface area contributed by atoms with Crippen molar-refractivity contribution in [3.05, 3.63) is 95.3 Å². The van der Waals surface area contributed by atoms with E-state index in [1.165, 1.54) is 17.0 Å². The van der Waals surface area contributed by atoms with Crippen LogP contribution in [0.5, 0.6) is 5.75 Å². The average Bonchev–Trinajstić information content (AvgIpc) is 3.44. The van der Waals surface area contributed by atoms with Gasteiger partial charge in [0.1, 0.15) is 17.1 Å². The number of hydrogen-bond donors (Lipinski definition) is 1. The Morgan fingerprint density at radius 2 is 1.71 bits per heavy atom. The topological polar surface area (TPSA) is 93.5 Å². The molecule has 0 spiro atoms. The van der Waals surface area contributed by atoms with Gasteiger partial charge in [0, 0.05) is 28.6 Å². The third-order valence-electron chi connectivity index (χ3n) is 5.88. The molecule has 1 amide bonds. The van der Waals surface area contributed by atoms with E-state index >= 15 is 0 Å². The molecular weight excluding hydrogens is 544 g/mol. The van der Waals surface area contributed by atoms with Crippen LogP contribution in [0, 0.1) is 0 Å². The Morgan fingerprint density at radius 1 is 1.03 bits per heavy atom. The molecule has 1 N–H and O–H groups in total. The van der Waals surface area contributed by atoms with Crippen molar-refractivity contribution in [1.82, 2.24) is 15.1 Å². The van der Waals surface area contributed by atoms with Crippen molar-refractivity contribution in [3.8, 4) is 22.7 Å². The summed E-state index contributed by atoms with van der Waals surface area (Å²) in [7, 11) is -1.76. The highest BCUT2D eigenvalue weighted by Crippen LogP contribution is 2.30. The number of thiocarbonyl (C=S) groups is 1. The SMILES string of the molecule is COc1ccc(N2C(=O)/C(=C/c3cn(-c4ccc(S(C)(=O)=O)cc4)nc3-c3cccc(Cl)c3)NC2=S)cc1. The van der Waals surface area contributed by atoms with Gasteiger partial charge in [-0.25, -0.2) is 13.1 Å². The van der Waals surface area contributed by atoms with Gasteiger partial charge < -0.3 is 10.1 Å². The number of sulfone groups is 1. The van der Waals surface area contributed by atoms with Gasteiger partial charge in [-0.2, -0.15) is 5.10 Å². The maximum absolute atomic E-state index is 13.4. The molecule has 0 saturated carbocycles. The van der Waals surface area contributed by atoms with Gasteiger partial charge in [-0.1, -0.05) is 23.7 Å². The molecule has 5 rings (SSSR count). The van der Waals surface area contributed by atoms with Gasteiger partial charge in [0.15, 0.2) is 14.9 Å². The van der Waals surface area contributed by atoms with E-state index in [0.29, 0.717) is 33.4 Å². The zero-order valence-corrected chi connectivity index (χ0v) is 22.6. The number of halogens is 1. The monoisotopic (exact) mass is 564 g/mol. The van der Waals surface area contributed by atoms with E-state index < -0.39 is 9.84 Å². The molecule has 1 aliphatic heterocycles. The smallest absolute Gasteiger partial charge is 0.281 e. The number of amides is 1. The Morgan fingerprint density at radius 3 is 2.34 bits per heavy atom. The number of nitrogens with zero attached hydrogens (tertiary/aromatic N) is 3. The van der Waals surface area contributed by atoms with Gasteiger partial charge >= 0.3 is 0 Å². The molecule has 38 heavy (non-hydrogen) atoms. The fraction of sp³-hybridized carbons (Fsp3) is 0.0741. The molecule has 1 aromatic heterocycles. The minimum atomic E-state index is -3.34. The van der Waals surface area contributed by atoms with E-state index in [0.717, 1.165) is 11.8 Å². The van der Waals surface area contributed by atoms with E-state index in [9.17, 15) is 13.2 Å². The maximum Gasteiger partial charge on any atom is 0.281 e. The molecule has 0 radical (unpaired) electrons. The molecule has 192 valence electrons. The Labute approximate surface area is 230 Å². The van der Waals surface area contributed by atoms with Crippen molar-refractivity contribution >= 4 is 56.4 Å². The fourth-order valence-electron chi connectivity index (χ4n) is 3.99. The molecule has 1 fully saturated rings. The molecule has 8 nitrogen and oxygen atoms in total. The van der Waals surface area contributed by atoms with Crippen molar-refractivity contribution in [2.75, 3.05) is 18.3 Å². The second kappa shape index (κ2) is 10.1. The lowest BCUT2D eigenvalue weighted by molar-refractivity contribution is -0.113. The fourth-order valence-corrected chi connectivity index (χ4v) is 5.11. The van der Waals surface area contributed by atoms with E-state index in [2.05, 4.69) is 5.32 Å². The van der Waals surface area contributed by atoms with Gasteiger partial charge in [0.05, 0.1) is 23.4 Å². The third-order valence-corrected chi connectivity index (χ3v) is 7.53. The Kier molecular flexibility index (Phi) is 6.78. The lowest BCUT2D eigenvalue weighted by atomic mass is 10.1. The number of aromatic nitrogens is 2. The average molecular weight is 565 g/mol. The zero-order chi connectivity index (χ0) is 27.0. The zero-order valence-electron chi connectivity index (χ0n) is 20.3. The van der Waals surface area contributed by atoms with Crippen LogP contribution < -0.4 is 15.0 Å². The van der Waals surface area contributed by atoms with Gasteiger partial charge in [-0.05, 0) is 79.0 Å². The lowest BCUT2D eigenvalue weighted by Crippen LogP contribution is -2.30. The first-order valence-electron chi connectivity index (χ1n) is 11.3. The van der Waals surface area contributed by atoms with Crippen LogP contribution in [-0.2, 0) is 14.6 Å². The predicted molar refractivity (Wildman–Crippen MR) is 151 cm³/mol. The molecule has 1 aliphatic rings. The Bertz CT molecular complexity index is 1700. The highest BCUT2D eigenvalue weighted by molar-refractivity contribution is 7.90. The molecule has 2 heterocycles. The molecule has 0 atom stereocenters. The van der Waals surface area contributed by atoms with E-state index in [1.807, 2.05) is 12.1 Å². The van der Waals surface area contributed by atoms with Gasteiger partial charge in [0.25, 0.3) is 5.91 Å². The lowest BCUT2D eigenvalue weighted by Gasteiger charge is -2.14. The van der Waals surface area contributed by atoms with Crippen LogP contribution in [0.15, 0.2) is 89.6 Å². The van der Waals surface area contributed by atoms with Crippen LogP contribution in [0.2, 0.25) is 5.02 Å². The van der Waals surface area contributed by atoms with Crippen molar-refractivity contribution in [3.63, 3.8) is 0 Å². The van der Waals surface area contributed by atoms with Gasteiger partial charge in [0.2, 0.25) is 0 Å². The summed E-state index contributed by atoms with van der Waals surface area (Å²) in [5.74, 6) is 0.348. The molecule has 11 heteroatoms. The summed E-state index contributed by atoms with van der Waals surface area (Å²) in [6.45, 7) is 0. The standard InChI is InChI=1S/C27H21ClN4O4S2/c1-36-22-10-6-21(7-11-22)32-26(33)24(29-27(32)37)15-18-16-31(20-8-12-23(13-9-20)38(2,34)35)30-25(18)17-4-3-5-19(28)14-17/h3-16H,1-2H3,(H,29,37)/b24-15-. The highest BCUT2D eigenvalue weighted by atomic mass is 35.5. The number of carbonyl (C=O) groups excluding carboxylic acids is 1. The number of nitrogens with one attached hydrogen (secondary N) is 1. The van der Waals surface area contributed by atoms with Crippen LogP contribution >= 0.6 is 23.8 Å². The second-order valence-corrected chi connectivity index (χ2v) is 11.3. The van der Waals surface area contributed by atoms with Gasteiger partial charge in [-0.3, -0.25) is 9.69 Å². The number of carbonyl (C=O) groups is 1. The molecule has 1 saturated heterocycles. The Hall–Kier alpha value is -3.99. The highest BCUT2D eigenvalue weighted by Gasteiger charge is 2.32. The predicted octanol–water partition coefficient (Wildman–Crippen LogP) is 4.87. The number of hydrogen-bond acceptors (Lipinski definition) is 6.